The highest BCUT2D eigenvalue weighted by Gasteiger charge is 2.21. The molecule has 1 rings (SSSR count). The number of ether oxygens (including phenoxy) is 1. The summed E-state index contributed by atoms with van der Waals surface area (Å²) in [5, 5.41) is 14.4. The number of rotatable bonds is 9. The highest BCUT2D eigenvalue weighted by molar-refractivity contribution is 5.68. The zero-order valence-electron chi connectivity index (χ0n) is 12.5. The van der Waals surface area contributed by atoms with Gasteiger partial charge in [0.05, 0.1) is 11.0 Å². The van der Waals surface area contributed by atoms with Crippen molar-refractivity contribution in [2.45, 2.75) is 52.6 Å². The molecule has 5 heteroatoms. The second-order valence-corrected chi connectivity index (χ2v) is 5.06. The Bertz CT molecular complexity index is 433. The highest BCUT2D eigenvalue weighted by Crippen LogP contribution is 2.35. The number of benzene rings is 1. The predicted molar refractivity (Wildman–Crippen MR) is 81.5 cm³/mol. The molecule has 0 bridgehead atoms. The largest absolute Gasteiger partial charge is 0.484 e. The Morgan fingerprint density at radius 1 is 1.30 bits per heavy atom. The van der Waals surface area contributed by atoms with Crippen molar-refractivity contribution in [2.24, 2.45) is 0 Å². The Morgan fingerprint density at radius 2 is 2.05 bits per heavy atom. The molecule has 0 aliphatic carbocycles. The van der Waals surface area contributed by atoms with E-state index >= 15 is 0 Å². The lowest BCUT2D eigenvalue weighted by molar-refractivity contribution is -0.385. The van der Waals surface area contributed by atoms with Gasteiger partial charge in [-0.1, -0.05) is 32.3 Å². The Balaban J connectivity index is 2.76. The van der Waals surface area contributed by atoms with Crippen LogP contribution >= 0.6 is 0 Å². The van der Waals surface area contributed by atoms with Crippen LogP contribution in [0.5, 0.6) is 5.75 Å². The quantitative estimate of drug-likeness (QED) is 0.414. The van der Waals surface area contributed by atoms with Crippen molar-refractivity contribution in [3.63, 3.8) is 0 Å². The molecule has 5 nitrogen and oxygen atoms in total. The van der Waals surface area contributed by atoms with Crippen molar-refractivity contribution >= 4 is 11.4 Å². The molecule has 0 fully saturated rings. The third kappa shape index (κ3) is 5.07. The molecule has 0 unspecified atom stereocenters. The van der Waals surface area contributed by atoms with Gasteiger partial charge in [0.2, 0.25) is 0 Å². The van der Waals surface area contributed by atoms with Crippen LogP contribution in [0.15, 0.2) is 18.2 Å². The second-order valence-electron chi connectivity index (χ2n) is 5.06. The van der Waals surface area contributed by atoms with Crippen LogP contribution in [-0.2, 0) is 0 Å². The van der Waals surface area contributed by atoms with Crippen LogP contribution in [0.2, 0.25) is 0 Å². The molecule has 0 aliphatic heterocycles. The number of nitro benzene ring substituents is 1. The maximum absolute atomic E-state index is 11.2. The van der Waals surface area contributed by atoms with Crippen LogP contribution < -0.4 is 10.1 Å². The van der Waals surface area contributed by atoms with Gasteiger partial charge in [-0.3, -0.25) is 10.1 Å². The predicted octanol–water partition coefficient (Wildman–Crippen LogP) is 4.37. The van der Waals surface area contributed by atoms with E-state index in [1.54, 1.807) is 18.2 Å². The van der Waals surface area contributed by atoms with E-state index in [0.717, 1.165) is 19.4 Å². The number of unbranched alkanes of at least 4 members (excludes halogenated alkanes) is 3. The van der Waals surface area contributed by atoms with E-state index in [1.807, 2.05) is 13.8 Å². The van der Waals surface area contributed by atoms with Crippen molar-refractivity contribution in [2.75, 3.05) is 11.9 Å². The van der Waals surface area contributed by atoms with Crippen LogP contribution in [0.4, 0.5) is 11.4 Å². The summed E-state index contributed by atoms with van der Waals surface area (Å²) in [7, 11) is 0. The van der Waals surface area contributed by atoms with E-state index in [-0.39, 0.29) is 16.7 Å². The third-order valence-electron chi connectivity index (χ3n) is 2.89. The summed E-state index contributed by atoms with van der Waals surface area (Å²) < 4.78 is 5.51. The normalized spacial score (nSPS) is 10.6. The van der Waals surface area contributed by atoms with E-state index in [4.69, 9.17) is 4.74 Å². The molecule has 0 radical (unpaired) electrons. The van der Waals surface area contributed by atoms with Gasteiger partial charge >= 0.3 is 5.69 Å². The lowest BCUT2D eigenvalue weighted by atomic mass is 10.2. The van der Waals surface area contributed by atoms with Crippen LogP contribution in [-0.4, -0.2) is 17.6 Å². The van der Waals surface area contributed by atoms with Gasteiger partial charge in [0.25, 0.3) is 0 Å². The molecule has 0 saturated heterocycles. The molecule has 0 spiro atoms. The first kappa shape index (κ1) is 16.3. The second kappa shape index (κ2) is 8.40. The molecule has 0 aliphatic rings. The van der Waals surface area contributed by atoms with Crippen molar-refractivity contribution in [1.29, 1.82) is 0 Å². The Morgan fingerprint density at radius 3 is 2.65 bits per heavy atom. The number of nitro groups is 1. The summed E-state index contributed by atoms with van der Waals surface area (Å²) in [6, 6.07) is 5.14. The third-order valence-corrected chi connectivity index (χ3v) is 2.89. The SMILES string of the molecule is CCCCCCNc1cccc(OC(C)C)c1[N+](=O)[O-]. The Kier molecular flexibility index (Phi) is 6.84. The molecule has 1 N–H and O–H groups in total. The zero-order chi connectivity index (χ0) is 15.0. The number of anilines is 1. The van der Waals surface area contributed by atoms with Crippen LogP contribution in [0.1, 0.15) is 46.5 Å². The van der Waals surface area contributed by atoms with Crippen molar-refractivity contribution in [3.8, 4) is 5.75 Å². The van der Waals surface area contributed by atoms with Crippen LogP contribution in [0.25, 0.3) is 0 Å². The van der Waals surface area contributed by atoms with Gasteiger partial charge in [0.1, 0.15) is 5.69 Å². The Labute approximate surface area is 120 Å². The average Bonchev–Trinajstić information content (AvgIpc) is 2.37. The Hall–Kier alpha value is -1.78. The van der Waals surface area contributed by atoms with E-state index in [9.17, 15) is 10.1 Å². The summed E-state index contributed by atoms with van der Waals surface area (Å²) in [6.07, 6.45) is 4.44. The minimum absolute atomic E-state index is 0.0247. The fraction of sp³-hybridized carbons (Fsp3) is 0.600. The van der Waals surface area contributed by atoms with Gasteiger partial charge in [-0.25, -0.2) is 0 Å². The fourth-order valence-corrected chi connectivity index (χ4v) is 1.98. The molecule has 1 aromatic carbocycles. The first-order chi connectivity index (χ1) is 9.56. The lowest BCUT2D eigenvalue weighted by Gasteiger charge is -2.13. The molecule has 0 aromatic heterocycles. The van der Waals surface area contributed by atoms with E-state index in [2.05, 4.69) is 12.2 Å². The minimum atomic E-state index is -0.383. The molecule has 20 heavy (non-hydrogen) atoms. The highest BCUT2D eigenvalue weighted by atomic mass is 16.6. The average molecular weight is 280 g/mol. The summed E-state index contributed by atoms with van der Waals surface area (Å²) in [5.41, 5.74) is 0.557. The molecular formula is C15H24N2O3. The minimum Gasteiger partial charge on any atom is -0.484 e. The molecule has 0 amide bonds. The standard InChI is InChI=1S/C15H24N2O3/c1-4-5-6-7-11-16-13-9-8-10-14(20-12(2)3)15(13)17(18)19/h8-10,12,16H,4-7,11H2,1-3H3. The van der Waals surface area contributed by atoms with Crippen molar-refractivity contribution < 1.29 is 9.66 Å². The van der Waals surface area contributed by atoms with E-state index < -0.39 is 0 Å². The monoisotopic (exact) mass is 280 g/mol. The zero-order valence-corrected chi connectivity index (χ0v) is 12.5. The van der Waals surface area contributed by atoms with Gasteiger partial charge in [-0.15, -0.1) is 0 Å². The fourth-order valence-electron chi connectivity index (χ4n) is 1.98. The van der Waals surface area contributed by atoms with Gasteiger partial charge in [-0.2, -0.15) is 0 Å². The number of hydrogen-bond donors (Lipinski definition) is 1. The smallest absolute Gasteiger partial charge is 0.333 e. The number of hydrogen-bond acceptors (Lipinski definition) is 4. The van der Waals surface area contributed by atoms with Gasteiger partial charge in [0, 0.05) is 6.54 Å². The summed E-state index contributed by atoms with van der Waals surface area (Å²) in [4.78, 5) is 10.9. The van der Waals surface area contributed by atoms with Crippen molar-refractivity contribution in [3.05, 3.63) is 28.3 Å². The molecule has 1 aromatic rings. The molecule has 112 valence electrons. The van der Waals surface area contributed by atoms with E-state index in [0.29, 0.717) is 11.4 Å². The summed E-state index contributed by atoms with van der Waals surface area (Å²) in [6.45, 7) is 6.61. The maximum atomic E-state index is 11.2. The molecule has 0 heterocycles. The number of nitrogens with one attached hydrogen (secondary N) is 1. The molecule has 0 atom stereocenters. The maximum Gasteiger partial charge on any atom is 0.333 e. The van der Waals surface area contributed by atoms with Crippen LogP contribution in [0, 0.1) is 10.1 Å². The first-order valence-electron chi connectivity index (χ1n) is 7.24. The van der Waals surface area contributed by atoms with Gasteiger partial charge in [0.15, 0.2) is 5.75 Å². The van der Waals surface area contributed by atoms with Gasteiger partial charge < -0.3 is 10.1 Å². The summed E-state index contributed by atoms with van der Waals surface area (Å²) in [5.74, 6) is 0.323. The number of nitrogens with zero attached hydrogens (tertiary/aromatic N) is 1. The summed E-state index contributed by atoms with van der Waals surface area (Å²) >= 11 is 0. The van der Waals surface area contributed by atoms with E-state index in [1.165, 1.54) is 12.8 Å². The topological polar surface area (TPSA) is 64.4 Å². The lowest BCUT2D eigenvalue weighted by Crippen LogP contribution is -2.10. The number of para-hydroxylation sites is 1. The van der Waals surface area contributed by atoms with Gasteiger partial charge in [-0.05, 0) is 32.4 Å². The first-order valence-corrected chi connectivity index (χ1v) is 7.24. The molecular weight excluding hydrogens is 256 g/mol. The molecule has 0 saturated carbocycles. The van der Waals surface area contributed by atoms with Crippen LogP contribution in [0.3, 0.4) is 0 Å². The van der Waals surface area contributed by atoms with Crippen molar-refractivity contribution in [1.82, 2.24) is 0 Å².